The van der Waals surface area contributed by atoms with E-state index in [0.717, 1.165) is 25.7 Å². The number of rotatable bonds is 2. The minimum Gasteiger partial charge on any atom is -0.467 e. The molecule has 3 unspecified atom stereocenters. The molecule has 0 aliphatic carbocycles. The van der Waals surface area contributed by atoms with E-state index in [9.17, 15) is 9.59 Å². The highest BCUT2D eigenvalue weighted by Crippen LogP contribution is 2.27. The van der Waals surface area contributed by atoms with E-state index in [1.165, 1.54) is 7.11 Å². The Balaban J connectivity index is 2.08. The number of carbonyl (C=O) groups is 2. The minimum atomic E-state index is -0.388. The molecule has 0 saturated carbocycles. The highest BCUT2D eigenvalue weighted by atomic mass is 16.5. The molecule has 0 aromatic heterocycles. The highest BCUT2D eigenvalue weighted by molar-refractivity contribution is 5.86. The lowest BCUT2D eigenvalue weighted by Crippen LogP contribution is -2.52. The van der Waals surface area contributed by atoms with Gasteiger partial charge < -0.3 is 14.4 Å². The molecule has 0 radical (unpaired) electrons. The molecular formula is C14H23NO4. The number of likely N-dealkylation sites (tertiary alicyclic amines) is 1. The summed E-state index contributed by atoms with van der Waals surface area (Å²) < 4.78 is 10.2. The van der Waals surface area contributed by atoms with Crippen molar-refractivity contribution in [1.29, 1.82) is 0 Å². The van der Waals surface area contributed by atoms with E-state index in [1.54, 1.807) is 4.90 Å². The second kappa shape index (κ2) is 6.37. The number of hydrogen-bond donors (Lipinski definition) is 0. The largest absolute Gasteiger partial charge is 0.467 e. The molecule has 2 fully saturated rings. The topological polar surface area (TPSA) is 55.8 Å². The first-order valence-corrected chi connectivity index (χ1v) is 7.11. The van der Waals surface area contributed by atoms with Gasteiger partial charge in [0, 0.05) is 25.7 Å². The Labute approximate surface area is 114 Å². The number of methoxy groups -OCH3 is 1. The zero-order chi connectivity index (χ0) is 13.8. The van der Waals surface area contributed by atoms with Gasteiger partial charge in [0.15, 0.2) is 0 Å². The van der Waals surface area contributed by atoms with E-state index in [2.05, 4.69) is 0 Å². The van der Waals surface area contributed by atoms with Crippen LogP contribution in [0.4, 0.5) is 0 Å². The van der Waals surface area contributed by atoms with Gasteiger partial charge in [0.25, 0.3) is 0 Å². The SMILES string of the molecule is COC(=O)C1CCCCN1C(=O)C1CCOCC1C. The van der Waals surface area contributed by atoms with Crippen LogP contribution in [-0.2, 0) is 19.1 Å². The first kappa shape index (κ1) is 14.3. The molecule has 0 aromatic rings. The Bertz CT molecular complexity index is 344. The van der Waals surface area contributed by atoms with Crippen molar-refractivity contribution in [1.82, 2.24) is 4.90 Å². The number of nitrogens with zero attached hydrogens (tertiary/aromatic N) is 1. The maximum absolute atomic E-state index is 12.7. The van der Waals surface area contributed by atoms with E-state index >= 15 is 0 Å². The molecule has 0 aromatic carbocycles. The smallest absolute Gasteiger partial charge is 0.328 e. The predicted molar refractivity (Wildman–Crippen MR) is 69.5 cm³/mol. The maximum Gasteiger partial charge on any atom is 0.328 e. The standard InChI is InChI=1S/C14H23NO4/c1-10-9-19-8-6-11(10)13(16)15-7-4-3-5-12(15)14(17)18-2/h10-12H,3-9H2,1-2H3. The van der Waals surface area contributed by atoms with Gasteiger partial charge >= 0.3 is 5.97 Å². The molecule has 5 heteroatoms. The molecule has 2 aliphatic heterocycles. The molecule has 0 N–H and O–H groups in total. The molecule has 108 valence electrons. The summed E-state index contributed by atoms with van der Waals surface area (Å²) in [7, 11) is 1.39. The Hall–Kier alpha value is -1.10. The van der Waals surface area contributed by atoms with Gasteiger partial charge in [-0.25, -0.2) is 4.79 Å². The number of hydrogen-bond acceptors (Lipinski definition) is 4. The minimum absolute atomic E-state index is 0.0148. The van der Waals surface area contributed by atoms with Crippen LogP contribution in [0.5, 0.6) is 0 Å². The summed E-state index contributed by atoms with van der Waals surface area (Å²) in [6.07, 6.45) is 3.42. The lowest BCUT2D eigenvalue weighted by atomic mass is 9.87. The molecule has 1 amide bonds. The van der Waals surface area contributed by atoms with E-state index in [4.69, 9.17) is 9.47 Å². The lowest BCUT2D eigenvalue weighted by Gasteiger charge is -2.38. The number of carbonyl (C=O) groups excluding carboxylic acids is 2. The summed E-state index contributed by atoms with van der Waals surface area (Å²) in [4.78, 5) is 26.2. The van der Waals surface area contributed by atoms with Gasteiger partial charge in [-0.2, -0.15) is 0 Å². The first-order valence-electron chi connectivity index (χ1n) is 7.11. The normalized spacial score (nSPS) is 31.9. The maximum atomic E-state index is 12.7. The van der Waals surface area contributed by atoms with Crippen LogP contribution in [0.3, 0.4) is 0 Å². The van der Waals surface area contributed by atoms with Crippen LogP contribution in [0.25, 0.3) is 0 Å². The van der Waals surface area contributed by atoms with Gasteiger partial charge in [-0.3, -0.25) is 4.79 Å². The van der Waals surface area contributed by atoms with E-state index in [1.807, 2.05) is 6.92 Å². The molecule has 0 spiro atoms. The van der Waals surface area contributed by atoms with Gasteiger partial charge in [0.05, 0.1) is 7.11 Å². The van der Waals surface area contributed by atoms with Crippen LogP contribution in [0.15, 0.2) is 0 Å². The van der Waals surface area contributed by atoms with Crippen LogP contribution >= 0.6 is 0 Å². The Kier molecular flexibility index (Phi) is 4.80. The Morgan fingerprint density at radius 3 is 2.74 bits per heavy atom. The van der Waals surface area contributed by atoms with Crippen LogP contribution in [0.2, 0.25) is 0 Å². The summed E-state index contributed by atoms with van der Waals surface area (Å²) >= 11 is 0. The summed E-state index contributed by atoms with van der Waals surface area (Å²) in [5.41, 5.74) is 0. The third kappa shape index (κ3) is 3.08. The summed E-state index contributed by atoms with van der Waals surface area (Å²) in [6.45, 7) is 3.98. The first-order chi connectivity index (χ1) is 9.15. The van der Waals surface area contributed by atoms with Crippen LogP contribution in [0.1, 0.15) is 32.6 Å². The van der Waals surface area contributed by atoms with Gasteiger partial charge in [-0.15, -0.1) is 0 Å². The average molecular weight is 269 g/mol. The van der Waals surface area contributed by atoms with E-state index in [-0.39, 0.29) is 29.8 Å². The Morgan fingerprint density at radius 2 is 2.05 bits per heavy atom. The van der Waals surface area contributed by atoms with E-state index < -0.39 is 0 Å². The van der Waals surface area contributed by atoms with Crippen molar-refractivity contribution in [2.24, 2.45) is 11.8 Å². The van der Waals surface area contributed by atoms with Crippen molar-refractivity contribution in [2.75, 3.05) is 26.9 Å². The molecular weight excluding hydrogens is 246 g/mol. The van der Waals surface area contributed by atoms with Crippen molar-refractivity contribution >= 4 is 11.9 Å². The monoisotopic (exact) mass is 269 g/mol. The fraction of sp³-hybridized carbons (Fsp3) is 0.857. The third-order valence-corrected chi connectivity index (χ3v) is 4.22. The van der Waals surface area contributed by atoms with Crippen molar-refractivity contribution in [3.8, 4) is 0 Å². The summed E-state index contributed by atoms with van der Waals surface area (Å²) in [5, 5.41) is 0. The van der Waals surface area contributed by atoms with Crippen LogP contribution in [-0.4, -0.2) is 49.7 Å². The summed E-state index contributed by atoms with van der Waals surface area (Å²) in [5.74, 6) is 0.0270. The predicted octanol–water partition coefficient (Wildman–Crippen LogP) is 1.21. The zero-order valence-electron chi connectivity index (χ0n) is 11.8. The fourth-order valence-corrected chi connectivity index (χ4v) is 3.04. The fourth-order valence-electron chi connectivity index (χ4n) is 3.04. The Morgan fingerprint density at radius 1 is 1.26 bits per heavy atom. The van der Waals surface area contributed by atoms with Crippen LogP contribution < -0.4 is 0 Å². The zero-order valence-corrected chi connectivity index (χ0v) is 11.8. The second-order valence-corrected chi connectivity index (χ2v) is 5.51. The molecule has 0 bridgehead atoms. The van der Waals surface area contributed by atoms with Crippen molar-refractivity contribution in [3.63, 3.8) is 0 Å². The van der Waals surface area contributed by atoms with E-state index in [0.29, 0.717) is 19.8 Å². The average Bonchev–Trinajstić information content (AvgIpc) is 2.46. The molecule has 2 rings (SSSR count). The van der Waals surface area contributed by atoms with Crippen molar-refractivity contribution in [3.05, 3.63) is 0 Å². The van der Waals surface area contributed by atoms with Gasteiger partial charge in [0.1, 0.15) is 6.04 Å². The van der Waals surface area contributed by atoms with Gasteiger partial charge in [-0.05, 0) is 31.6 Å². The molecule has 2 heterocycles. The third-order valence-electron chi connectivity index (χ3n) is 4.22. The molecule has 5 nitrogen and oxygen atoms in total. The molecule has 2 aliphatic rings. The van der Waals surface area contributed by atoms with Crippen molar-refractivity contribution < 1.29 is 19.1 Å². The molecule has 19 heavy (non-hydrogen) atoms. The summed E-state index contributed by atoms with van der Waals surface area (Å²) in [6, 6.07) is -0.388. The molecule has 2 saturated heterocycles. The van der Waals surface area contributed by atoms with Crippen molar-refractivity contribution in [2.45, 2.75) is 38.6 Å². The second-order valence-electron chi connectivity index (χ2n) is 5.51. The highest BCUT2D eigenvalue weighted by Gasteiger charge is 2.38. The number of piperidine rings is 1. The number of amides is 1. The van der Waals surface area contributed by atoms with Gasteiger partial charge in [0.2, 0.25) is 5.91 Å². The quantitative estimate of drug-likeness (QED) is 0.707. The molecule has 3 atom stereocenters. The number of esters is 1. The number of ether oxygens (including phenoxy) is 2. The lowest BCUT2D eigenvalue weighted by molar-refractivity contribution is -0.158. The van der Waals surface area contributed by atoms with Crippen LogP contribution in [0, 0.1) is 11.8 Å². The van der Waals surface area contributed by atoms with Gasteiger partial charge in [-0.1, -0.05) is 6.92 Å².